The van der Waals surface area contributed by atoms with Gasteiger partial charge in [0.2, 0.25) is 5.91 Å². The van der Waals surface area contributed by atoms with Gasteiger partial charge in [-0.25, -0.2) is 0 Å². The molecule has 8 heteroatoms. The van der Waals surface area contributed by atoms with Gasteiger partial charge < -0.3 is 15.4 Å². The highest BCUT2D eigenvalue weighted by molar-refractivity contribution is 7.09. The molecule has 0 bridgehead atoms. The number of nitrogens with one attached hydrogen (secondary N) is 2. The van der Waals surface area contributed by atoms with Crippen molar-refractivity contribution in [3.8, 4) is 17.1 Å². The number of methoxy groups -OCH3 is 1. The molecule has 0 atom stereocenters. The fourth-order valence-electron chi connectivity index (χ4n) is 2.55. The molecule has 0 unspecified atom stereocenters. The number of carbonyl (C=O) groups excluding carboxylic acids is 2. The summed E-state index contributed by atoms with van der Waals surface area (Å²) in [6, 6.07) is 12.9. The van der Waals surface area contributed by atoms with Crippen LogP contribution in [0, 0.1) is 5.92 Å². The van der Waals surface area contributed by atoms with Crippen molar-refractivity contribution in [3.05, 3.63) is 59.1 Å². The third-order valence-electron chi connectivity index (χ3n) is 4.17. The number of benzene rings is 1. The molecule has 0 spiro atoms. The zero-order valence-corrected chi connectivity index (χ0v) is 17.2. The van der Waals surface area contributed by atoms with E-state index < -0.39 is 0 Å². The van der Waals surface area contributed by atoms with Crippen LogP contribution in [0.5, 0.6) is 5.75 Å². The van der Waals surface area contributed by atoms with Gasteiger partial charge in [0.25, 0.3) is 5.91 Å². The van der Waals surface area contributed by atoms with Gasteiger partial charge in [-0.15, -0.1) is 0 Å². The molecule has 0 fully saturated rings. The van der Waals surface area contributed by atoms with Crippen molar-refractivity contribution in [1.82, 2.24) is 14.7 Å². The van der Waals surface area contributed by atoms with Crippen LogP contribution < -0.4 is 15.4 Å². The smallest absolute Gasteiger partial charge is 0.265 e. The maximum absolute atomic E-state index is 12.8. The number of hydrogen-bond acceptors (Lipinski definition) is 6. The Labute approximate surface area is 173 Å². The van der Waals surface area contributed by atoms with Crippen molar-refractivity contribution in [2.75, 3.05) is 12.4 Å². The van der Waals surface area contributed by atoms with Crippen LogP contribution in [0.3, 0.4) is 0 Å². The van der Waals surface area contributed by atoms with E-state index in [9.17, 15) is 9.59 Å². The first-order valence-electron chi connectivity index (χ1n) is 9.12. The molecule has 0 aliphatic rings. The standard InChI is InChI=1S/C21H22N4O3S/c1-13(2)20(26)24-18-17(16-9-4-5-10-22-16)25-29-19(18)21(27)23-12-14-7-6-8-15(11-14)28-3/h4-11,13H,12H2,1-3H3,(H,23,27)(H,24,26). The number of anilines is 1. The Bertz CT molecular complexity index is 1000. The molecule has 3 aromatic rings. The molecule has 2 heterocycles. The fraction of sp³-hybridized carbons (Fsp3) is 0.238. The van der Waals surface area contributed by atoms with E-state index in [-0.39, 0.29) is 17.7 Å². The molecule has 29 heavy (non-hydrogen) atoms. The Morgan fingerprint density at radius 2 is 2.00 bits per heavy atom. The van der Waals surface area contributed by atoms with Crippen LogP contribution in [-0.2, 0) is 11.3 Å². The fourth-order valence-corrected chi connectivity index (χ4v) is 3.31. The highest BCUT2D eigenvalue weighted by Crippen LogP contribution is 2.32. The maximum atomic E-state index is 12.8. The number of pyridine rings is 1. The Hall–Kier alpha value is -3.26. The molecular formula is C21H22N4O3S. The average molecular weight is 410 g/mol. The lowest BCUT2D eigenvalue weighted by molar-refractivity contribution is -0.118. The second kappa shape index (κ2) is 9.29. The molecule has 0 radical (unpaired) electrons. The SMILES string of the molecule is COc1cccc(CNC(=O)c2snc(-c3ccccn3)c2NC(=O)C(C)C)c1. The summed E-state index contributed by atoms with van der Waals surface area (Å²) in [4.78, 5) is 29.8. The number of ether oxygens (including phenoxy) is 1. The van der Waals surface area contributed by atoms with Gasteiger partial charge in [0.15, 0.2) is 0 Å². The second-order valence-corrected chi connectivity index (χ2v) is 7.40. The van der Waals surface area contributed by atoms with Crippen LogP contribution in [0.15, 0.2) is 48.7 Å². The lowest BCUT2D eigenvalue weighted by atomic mass is 10.1. The molecule has 150 valence electrons. The van der Waals surface area contributed by atoms with E-state index in [1.54, 1.807) is 39.3 Å². The minimum atomic E-state index is -0.313. The minimum absolute atomic E-state index is 0.191. The third kappa shape index (κ3) is 4.97. The Morgan fingerprint density at radius 1 is 1.17 bits per heavy atom. The quantitative estimate of drug-likeness (QED) is 0.619. The van der Waals surface area contributed by atoms with Crippen LogP contribution in [0.25, 0.3) is 11.4 Å². The summed E-state index contributed by atoms with van der Waals surface area (Å²) >= 11 is 1.03. The molecule has 3 rings (SSSR count). The monoisotopic (exact) mass is 410 g/mol. The van der Waals surface area contributed by atoms with Gasteiger partial charge in [0.05, 0.1) is 18.5 Å². The van der Waals surface area contributed by atoms with E-state index in [4.69, 9.17) is 4.74 Å². The van der Waals surface area contributed by atoms with Gasteiger partial charge in [-0.3, -0.25) is 14.6 Å². The number of rotatable bonds is 7. The van der Waals surface area contributed by atoms with Crippen LogP contribution in [0.4, 0.5) is 5.69 Å². The van der Waals surface area contributed by atoms with Gasteiger partial charge in [-0.2, -0.15) is 4.37 Å². The normalized spacial score (nSPS) is 10.6. The van der Waals surface area contributed by atoms with Gasteiger partial charge in [-0.1, -0.05) is 32.0 Å². The maximum Gasteiger partial charge on any atom is 0.265 e. The Morgan fingerprint density at radius 3 is 2.69 bits per heavy atom. The summed E-state index contributed by atoms with van der Waals surface area (Å²) in [7, 11) is 1.60. The summed E-state index contributed by atoms with van der Waals surface area (Å²) in [5.74, 6) is -0.0215. The van der Waals surface area contributed by atoms with E-state index >= 15 is 0 Å². The molecule has 0 aliphatic carbocycles. The Kier molecular flexibility index (Phi) is 6.56. The third-order valence-corrected chi connectivity index (χ3v) is 5.01. The van der Waals surface area contributed by atoms with Gasteiger partial charge in [-0.05, 0) is 41.4 Å². The van der Waals surface area contributed by atoms with Crippen LogP contribution in [0.1, 0.15) is 29.1 Å². The zero-order valence-electron chi connectivity index (χ0n) is 16.4. The molecule has 0 saturated heterocycles. The van der Waals surface area contributed by atoms with Crippen LogP contribution >= 0.6 is 11.5 Å². The molecule has 2 aromatic heterocycles. The zero-order chi connectivity index (χ0) is 20.8. The van der Waals surface area contributed by atoms with Crippen molar-refractivity contribution in [2.45, 2.75) is 20.4 Å². The van der Waals surface area contributed by atoms with Crippen LogP contribution in [0.2, 0.25) is 0 Å². The molecule has 0 aliphatic heterocycles. The topological polar surface area (TPSA) is 93.2 Å². The number of hydrogen-bond donors (Lipinski definition) is 2. The summed E-state index contributed by atoms with van der Waals surface area (Å²) in [5.41, 5.74) is 2.36. The van der Waals surface area contributed by atoms with E-state index in [1.165, 1.54) is 0 Å². The molecule has 7 nitrogen and oxygen atoms in total. The number of amides is 2. The van der Waals surface area contributed by atoms with Crippen molar-refractivity contribution in [2.24, 2.45) is 5.92 Å². The molecule has 2 amide bonds. The van der Waals surface area contributed by atoms with Crippen molar-refractivity contribution in [1.29, 1.82) is 0 Å². The lowest BCUT2D eigenvalue weighted by Crippen LogP contribution is -2.25. The molecule has 0 saturated carbocycles. The lowest BCUT2D eigenvalue weighted by Gasteiger charge is -2.11. The predicted molar refractivity (Wildman–Crippen MR) is 113 cm³/mol. The van der Waals surface area contributed by atoms with Crippen molar-refractivity contribution in [3.63, 3.8) is 0 Å². The molecular weight excluding hydrogens is 388 g/mol. The summed E-state index contributed by atoms with van der Waals surface area (Å²) in [6.07, 6.45) is 1.64. The average Bonchev–Trinajstić information content (AvgIpc) is 3.16. The Balaban J connectivity index is 1.86. The molecule has 2 N–H and O–H groups in total. The summed E-state index contributed by atoms with van der Waals surface area (Å²) in [5, 5.41) is 5.72. The predicted octanol–water partition coefficient (Wildman–Crippen LogP) is 3.74. The highest BCUT2D eigenvalue weighted by Gasteiger charge is 2.24. The summed E-state index contributed by atoms with van der Waals surface area (Å²) in [6.45, 7) is 3.90. The van der Waals surface area contributed by atoms with E-state index in [0.29, 0.717) is 28.5 Å². The van der Waals surface area contributed by atoms with Gasteiger partial charge >= 0.3 is 0 Å². The number of carbonyl (C=O) groups is 2. The highest BCUT2D eigenvalue weighted by atomic mass is 32.1. The summed E-state index contributed by atoms with van der Waals surface area (Å²) < 4.78 is 9.59. The van der Waals surface area contributed by atoms with Gasteiger partial charge in [0.1, 0.15) is 16.3 Å². The van der Waals surface area contributed by atoms with Crippen molar-refractivity contribution < 1.29 is 14.3 Å². The minimum Gasteiger partial charge on any atom is -0.497 e. The van der Waals surface area contributed by atoms with E-state index in [0.717, 1.165) is 22.8 Å². The first-order valence-corrected chi connectivity index (χ1v) is 9.90. The van der Waals surface area contributed by atoms with E-state index in [2.05, 4.69) is 20.0 Å². The van der Waals surface area contributed by atoms with Crippen molar-refractivity contribution >= 4 is 29.0 Å². The van der Waals surface area contributed by atoms with E-state index in [1.807, 2.05) is 30.3 Å². The number of nitrogens with zero attached hydrogens (tertiary/aromatic N) is 2. The molecule has 1 aromatic carbocycles. The first kappa shape index (κ1) is 20.5. The largest absolute Gasteiger partial charge is 0.497 e. The second-order valence-electron chi connectivity index (χ2n) is 6.63. The number of aromatic nitrogens is 2. The van der Waals surface area contributed by atoms with Crippen LogP contribution in [-0.4, -0.2) is 28.3 Å². The first-order chi connectivity index (χ1) is 14.0. The van der Waals surface area contributed by atoms with Gasteiger partial charge in [0, 0.05) is 18.7 Å².